The molecule has 144 valence electrons. The van der Waals surface area contributed by atoms with E-state index < -0.39 is 0 Å². The van der Waals surface area contributed by atoms with Crippen LogP contribution in [-0.2, 0) is 4.74 Å². The van der Waals surface area contributed by atoms with Crippen molar-refractivity contribution in [3.63, 3.8) is 0 Å². The Hall–Kier alpha value is -2.08. The fraction of sp³-hybridized carbons (Fsp3) is 0.227. The van der Waals surface area contributed by atoms with Gasteiger partial charge in [0, 0.05) is 33.8 Å². The number of nitrogens with one attached hydrogen (secondary N) is 1. The monoisotopic (exact) mass is 458 g/mol. The van der Waals surface area contributed by atoms with Gasteiger partial charge in [0.15, 0.2) is 0 Å². The summed E-state index contributed by atoms with van der Waals surface area (Å²) in [7, 11) is 0. The molecule has 2 aromatic carbocycles. The van der Waals surface area contributed by atoms with Crippen LogP contribution in [0, 0.1) is 0 Å². The third kappa shape index (κ3) is 4.32. The SMILES string of the molecule is Oc1ccc(Br)cc1-c1cc(-c2ccccc2Cl)cc(NCC2CCCO2)n1. The molecule has 0 bridgehead atoms. The lowest BCUT2D eigenvalue weighted by molar-refractivity contribution is 0.120. The van der Waals surface area contributed by atoms with Gasteiger partial charge in [-0.25, -0.2) is 4.98 Å². The first-order valence-corrected chi connectivity index (χ1v) is 10.4. The van der Waals surface area contributed by atoms with E-state index >= 15 is 0 Å². The fourth-order valence-electron chi connectivity index (χ4n) is 3.35. The molecule has 1 unspecified atom stereocenters. The molecule has 6 heteroatoms. The summed E-state index contributed by atoms with van der Waals surface area (Å²) in [5, 5.41) is 14.4. The number of phenols is 1. The number of hydrogen-bond donors (Lipinski definition) is 2. The van der Waals surface area contributed by atoms with Gasteiger partial charge in [-0.05, 0) is 54.8 Å². The van der Waals surface area contributed by atoms with Gasteiger partial charge in [-0.1, -0.05) is 45.7 Å². The molecular formula is C22H20BrClN2O2. The highest BCUT2D eigenvalue weighted by molar-refractivity contribution is 9.10. The third-order valence-electron chi connectivity index (χ3n) is 4.78. The second-order valence-electron chi connectivity index (χ2n) is 6.78. The van der Waals surface area contributed by atoms with Gasteiger partial charge in [0.1, 0.15) is 11.6 Å². The molecule has 0 amide bonds. The predicted molar refractivity (Wildman–Crippen MR) is 117 cm³/mol. The lowest BCUT2D eigenvalue weighted by Gasteiger charge is -2.15. The van der Waals surface area contributed by atoms with E-state index in [1.54, 1.807) is 12.1 Å². The van der Waals surface area contributed by atoms with Crippen LogP contribution in [0.25, 0.3) is 22.4 Å². The van der Waals surface area contributed by atoms with E-state index in [-0.39, 0.29) is 11.9 Å². The lowest BCUT2D eigenvalue weighted by atomic mass is 10.0. The Balaban J connectivity index is 1.76. The van der Waals surface area contributed by atoms with Gasteiger partial charge in [-0.3, -0.25) is 0 Å². The minimum atomic E-state index is 0.178. The van der Waals surface area contributed by atoms with E-state index in [9.17, 15) is 5.11 Å². The van der Waals surface area contributed by atoms with Crippen LogP contribution < -0.4 is 5.32 Å². The molecule has 0 radical (unpaired) electrons. The molecule has 1 atom stereocenters. The summed E-state index contributed by atoms with van der Waals surface area (Å²) in [5.74, 6) is 0.902. The third-order valence-corrected chi connectivity index (χ3v) is 5.60. The molecule has 1 saturated heterocycles. The number of pyridine rings is 1. The van der Waals surface area contributed by atoms with Crippen molar-refractivity contribution in [2.45, 2.75) is 18.9 Å². The maximum absolute atomic E-state index is 10.4. The smallest absolute Gasteiger partial charge is 0.127 e. The number of anilines is 1. The molecule has 1 aliphatic heterocycles. The summed E-state index contributed by atoms with van der Waals surface area (Å²) in [6.45, 7) is 1.51. The van der Waals surface area contributed by atoms with Gasteiger partial charge in [-0.15, -0.1) is 0 Å². The standard InChI is InChI=1S/C22H20BrClN2O2/c23-15-7-8-21(27)18(12-15)20-10-14(17-5-1-2-6-19(17)24)11-22(26-20)25-13-16-4-3-9-28-16/h1-2,5-8,10-12,16,27H,3-4,9,13H2,(H,25,26). The second kappa shape index (κ2) is 8.52. The molecule has 4 nitrogen and oxygen atoms in total. The van der Waals surface area contributed by atoms with E-state index in [1.807, 2.05) is 42.5 Å². The van der Waals surface area contributed by atoms with Crippen molar-refractivity contribution in [1.82, 2.24) is 4.98 Å². The highest BCUT2D eigenvalue weighted by Crippen LogP contribution is 2.36. The van der Waals surface area contributed by atoms with Gasteiger partial charge >= 0.3 is 0 Å². The molecule has 2 heterocycles. The zero-order valence-corrected chi connectivity index (χ0v) is 17.5. The van der Waals surface area contributed by atoms with Crippen molar-refractivity contribution in [3.8, 4) is 28.1 Å². The molecule has 0 spiro atoms. The normalized spacial score (nSPS) is 16.3. The quantitative estimate of drug-likeness (QED) is 0.482. The Morgan fingerprint density at radius 2 is 2.00 bits per heavy atom. The number of hydrogen-bond acceptors (Lipinski definition) is 4. The Kier molecular flexibility index (Phi) is 5.85. The van der Waals surface area contributed by atoms with Crippen LogP contribution in [0.4, 0.5) is 5.82 Å². The summed E-state index contributed by atoms with van der Waals surface area (Å²) in [6.07, 6.45) is 2.35. The second-order valence-corrected chi connectivity index (χ2v) is 8.11. The number of nitrogens with zero attached hydrogens (tertiary/aromatic N) is 1. The number of ether oxygens (including phenoxy) is 1. The van der Waals surface area contributed by atoms with Crippen molar-refractivity contribution >= 4 is 33.3 Å². The first-order chi connectivity index (χ1) is 13.6. The zero-order valence-electron chi connectivity index (χ0n) is 15.2. The van der Waals surface area contributed by atoms with Gasteiger partial charge in [0.2, 0.25) is 0 Å². The maximum atomic E-state index is 10.4. The fourth-order valence-corrected chi connectivity index (χ4v) is 3.95. The molecular weight excluding hydrogens is 440 g/mol. The lowest BCUT2D eigenvalue weighted by Crippen LogP contribution is -2.19. The van der Waals surface area contributed by atoms with Gasteiger partial charge in [0.25, 0.3) is 0 Å². The average Bonchev–Trinajstić information content (AvgIpc) is 3.22. The van der Waals surface area contributed by atoms with E-state index in [0.717, 1.165) is 40.9 Å². The average molecular weight is 460 g/mol. The van der Waals surface area contributed by atoms with E-state index in [2.05, 4.69) is 21.2 Å². The molecule has 0 saturated carbocycles. The van der Waals surface area contributed by atoms with Crippen LogP contribution in [0.5, 0.6) is 5.75 Å². The van der Waals surface area contributed by atoms with Crippen LogP contribution in [0.1, 0.15) is 12.8 Å². The Labute approximate surface area is 177 Å². The van der Waals surface area contributed by atoms with Crippen LogP contribution in [0.15, 0.2) is 59.1 Å². The topological polar surface area (TPSA) is 54.4 Å². The first kappa shape index (κ1) is 19.2. The van der Waals surface area contributed by atoms with Gasteiger partial charge < -0.3 is 15.2 Å². The van der Waals surface area contributed by atoms with Crippen LogP contribution >= 0.6 is 27.5 Å². The van der Waals surface area contributed by atoms with Crippen molar-refractivity contribution < 1.29 is 9.84 Å². The highest BCUT2D eigenvalue weighted by Gasteiger charge is 2.17. The van der Waals surface area contributed by atoms with E-state index in [4.69, 9.17) is 21.3 Å². The summed E-state index contributed by atoms with van der Waals surface area (Å²) < 4.78 is 6.57. The number of aromatic hydroxyl groups is 1. The molecule has 1 fully saturated rings. The Morgan fingerprint density at radius 1 is 1.14 bits per heavy atom. The number of phenolic OH excluding ortho intramolecular Hbond substituents is 1. The van der Waals surface area contributed by atoms with Crippen LogP contribution in [0.2, 0.25) is 5.02 Å². The van der Waals surface area contributed by atoms with Crippen molar-refractivity contribution in [3.05, 3.63) is 64.1 Å². The Bertz CT molecular complexity index is 990. The van der Waals surface area contributed by atoms with Crippen LogP contribution in [0.3, 0.4) is 0 Å². The molecule has 2 N–H and O–H groups in total. The van der Waals surface area contributed by atoms with Crippen molar-refractivity contribution in [1.29, 1.82) is 0 Å². The summed E-state index contributed by atoms with van der Waals surface area (Å²) in [6, 6.07) is 16.9. The predicted octanol–water partition coefficient (Wildman–Crippen LogP) is 6.13. The van der Waals surface area contributed by atoms with E-state index in [1.165, 1.54) is 0 Å². The molecule has 1 aromatic heterocycles. The molecule has 4 rings (SSSR count). The maximum Gasteiger partial charge on any atom is 0.127 e. The minimum Gasteiger partial charge on any atom is -0.507 e. The van der Waals surface area contributed by atoms with Crippen LogP contribution in [-0.4, -0.2) is 29.3 Å². The summed E-state index contributed by atoms with van der Waals surface area (Å²) >= 11 is 9.90. The zero-order chi connectivity index (χ0) is 19.5. The largest absolute Gasteiger partial charge is 0.507 e. The number of benzene rings is 2. The number of rotatable bonds is 5. The van der Waals surface area contributed by atoms with E-state index in [0.29, 0.717) is 22.8 Å². The number of aromatic nitrogens is 1. The molecule has 3 aromatic rings. The first-order valence-electron chi connectivity index (χ1n) is 9.21. The summed E-state index contributed by atoms with van der Waals surface area (Å²) in [4.78, 5) is 4.73. The van der Waals surface area contributed by atoms with Crippen molar-refractivity contribution in [2.24, 2.45) is 0 Å². The molecule has 0 aliphatic carbocycles. The highest BCUT2D eigenvalue weighted by atomic mass is 79.9. The molecule has 1 aliphatic rings. The minimum absolute atomic E-state index is 0.178. The number of halogens is 2. The Morgan fingerprint density at radius 3 is 2.79 bits per heavy atom. The summed E-state index contributed by atoms with van der Waals surface area (Å²) in [5.41, 5.74) is 3.18. The molecule has 28 heavy (non-hydrogen) atoms. The van der Waals surface area contributed by atoms with Gasteiger partial charge in [0.05, 0.1) is 11.8 Å². The van der Waals surface area contributed by atoms with Crippen molar-refractivity contribution in [2.75, 3.05) is 18.5 Å². The van der Waals surface area contributed by atoms with Gasteiger partial charge in [-0.2, -0.15) is 0 Å².